The minimum Gasteiger partial charge on any atom is -0.464 e. The molecule has 0 fully saturated rings. The van der Waals surface area contributed by atoms with Crippen molar-refractivity contribution < 1.29 is 13.9 Å². The molecule has 6 heteroatoms. The van der Waals surface area contributed by atoms with Crippen LogP contribution in [0.25, 0.3) is 21.9 Å². The van der Waals surface area contributed by atoms with E-state index in [9.17, 15) is 10.1 Å². The van der Waals surface area contributed by atoms with Gasteiger partial charge >= 0.3 is 0 Å². The number of hydrogen-bond donors (Lipinski definition) is 0. The minimum absolute atomic E-state index is 0.0914. The number of Topliss-reactive ketones (excluding diaryl/α,β-unsaturated/α-hetero) is 1. The van der Waals surface area contributed by atoms with Crippen LogP contribution in [-0.2, 0) is 4.79 Å². The second-order valence-corrected chi connectivity index (χ2v) is 8.39. The molecule has 0 bridgehead atoms. The number of allylic oxidation sites excluding steroid dienone is 1. The molecule has 1 aromatic carbocycles. The van der Waals surface area contributed by atoms with E-state index in [1.165, 1.54) is 0 Å². The van der Waals surface area contributed by atoms with E-state index in [0.717, 1.165) is 9.75 Å². The third kappa shape index (κ3) is 4.39. The maximum Gasteiger partial charge on any atom is 0.234 e. The molecule has 32 heavy (non-hydrogen) atoms. The number of nitrogens with zero attached hydrogens (tertiary/aromatic N) is 2. The fourth-order valence-electron chi connectivity index (χ4n) is 3.35. The van der Waals surface area contributed by atoms with Crippen molar-refractivity contribution in [1.82, 2.24) is 4.98 Å². The summed E-state index contributed by atoms with van der Waals surface area (Å²) >= 11 is 1.59. The fraction of sp³-hybridized carbons (Fsp3) is 0.115. The smallest absolute Gasteiger partial charge is 0.234 e. The zero-order valence-corrected chi connectivity index (χ0v) is 18.3. The molecule has 5 nitrogen and oxygen atoms in total. The zero-order valence-electron chi connectivity index (χ0n) is 17.4. The summed E-state index contributed by atoms with van der Waals surface area (Å²) in [6, 6.07) is 20.7. The summed E-state index contributed by atoms with van der Waals surface area (Å²) in [5.74, 6) is 0.444. The Bertz CT molecular complexity index is 1280. The minimum atomic E-state index is -0.918. The van der Waals surface area contributed by atoms with Gasteiger partial charge in [-0.3, -0.25) is 4.79 Å². The van der Waals surface area contributed by atoms with Gasteiger partial charge in [0.15, 0.2) is 11.9 Å². The van der Waals surface area contributed by atoms with Crippen LogP contribution in [0.4, 0.5) is 0 Å². The second kappa shape index (κ2) is 9.46. The SMILES string of the molecule is C=CCC(=O)C(Oc1nc(-c2ccc(C)s2)cc(-c2ccco2)c1C#N)c1ccccc1. The molecule has 158 valence electrons. The number of furan rings is 1. The summed E-state index contributed by atoms with van der Waals surface area (Å²) in [4.78, 5) is 19.6. The Morgan fingerprint density at radius 1 is 1.25 bits per heavy atom. The Balaban J connectivity index is 1.87. The van der Waals surface area contributed by atoms with E-state index in [1.54, 1.807) is 35.8 Å². The van der Waals surface area contributed by atoms with Gasteiger partial charge in [0.2, 0.25) is 5.88 Å². The van der Waals surface area contributed by atoms with Crippen molar-refractivity contribution in [2.75, 3.05) is 0 Å². The number of ether oxygens (including phenoxy) is 1. The average Bonchev–Trinajstić information content (AvgIpc) is 3.49. The first-order valence-corrected chi connectivity index (χ1v) is 10.8. The first kappa shape index (κ1) is 21.3. The zero-order chi connectivity index (χ0) is 22.5. The number of thiophene rings is 1. The van der Waals surface area contributed by atoms with Crippen LogP contribution in [0.1, 0.15) is 28.5 Å². The van der Waals surface area contributed by atoms with Crippen LogP contribution in [0.2, 0.25) is 0 Å². The van der Waals surface area contributed by atoms with E-state index >= 15 is 0 Å². The largest absolute Gasteiger partial charge is 0.464 e. The molecule has 3 aromatic heterocycles. The molecule has 4 aromatic rings. The number of rotatable bonds is 8. The molecule has 1 unspecified atom stereocenters. The molecular weight excluding hydrogens is 420 g/mol. The Morgan fingerprint density at radius 3 is 2.69 bits per heavy atom. The van der Waals surface area contributed by atoms with E-state index in [2.05, 4.69) is 17.6 Å². The lowest BCUT2D eigenvalue weighted by atomic mass is 10.0. The maximum absolute atomic E-state index is 12.9. The van der Waals surface area contributed by atoms with Crippen molar-refractivity contribution in [2.24, 2.45) is 0 Å². The molecule has 0 spiro atoms. The summed E-state index contributed by atoms with van der Waals surface area (Å²) < 4.78 is 11.8. The molecule has 0 N–H and O–H groups in total. The first-order valence-electron chi connectivity index (χ1n) is 10.0. The molecule has 0 aliphatic rings. The molecular formula is C26H20N2O3S. The number of carbonyl (C=O) groups is 1. The van der Waals surface area contributed by atoms with Crippen LogP contribution >= 0.6 is 11.3 Å². The predicted octanol–water partition coefficient (Wildman–Crippen LogP) is 6.52. The highest BCUT2D eigenvalue weighted by molar-refractivity contribution is 7.15. The maximum atomic E-state index is 12.9. The normalized spacial score (nSPS) is 11.5. The Hall–Kier alpha value is -3.95. The third-order valence-corrected chi connectivity index (χ3v) is 5.87. The summed E-state index contributed by atoms with van der Waals surface area (Å²) in [7, 11) is 0. The van der Waals surface area contributed by atoms with Crippen molar-refractivity contribution in [1.29, 1.82) is 5.26 Å². The number of hydrogen-bond acceptors (Lipinski definition) is 6. The van der Waals surface area contributed by atoms with Crippen molar-refractivity contribution in [3.8, 4) is 33.8 Å². The molecule has 0 radical (unpaired) electrons. The summed E-state index contributed by atoms with van der Waals surface area (Å²) in [6.07, 6.45) is 2.31. The van der Waals surface area contributed by atoms with Gasteiger partial charge in [0, 0.05) is 16.9 Å². The van der Waals surface area contributed by atoms with Crippen LogP contribution in [0.15, 0.2) is 84.0 Å². The standard InChI is InChI=1S/C26H20N2O3S/c1-3-8-22(29)25(18-9-5-4-6-10-18)31-26-20(16-27)19(23-11-7-14-30-23)15-21(28-26)24-13-12-17(2)32-24/h3-7,9-15,25H,1,8H2,2H3. The van der Waals surface area contributed by atoms with Crippen molar-refractivity contribution in [3.05, 3.63) is 95.6 Å². The van der Waals surface area contributed by atoms with Gasteiger partial charge in [0.25, 0.3) is 0 Å². The highest BCUT2D eigenvalue weighted by atomic mass is 32.1. The number of benzene rings is 1. The molecule has 0 amide bonds. The fourth-order valence-corrected chi connectivity index (χ4v) is 4.18. The lowest BCUT2D eigenvalue weighted by Crippen LogP contribution is -2.19. The van der Waals surface area contributed by atoms with E-state index < -0.39 is 6.10 Å². The number of nitriles is 1. The highest BCUT2D eigenvalue weighted by Gasteiger charge is 2.26. The molecule has 1 atom stereocenters. The first-order chi connectivity index (χ1) is 15.6. The molecule has 0 aliphatic carbocycles. The van der Waals surface area contributed by atoms with Crippen molar-refractivity contribution in [2.45, 2.75) is 19.4 Å². The highest BCUT2D eigenvalue weighted by Crippen LogP contribution is 2.37. The number of ketones is 1. The number of carbonyl (C=O) groups excluding carboxylic acids is 1. The average molecular weight is 441 g/mol. The summed E-state index contributed by atoms with van der Waals surface area (Å²) in [5.41, 5.74) is 2.10. The Morgan fingerprint density at radius 2 is 2.06 bits per heavy atom. The van der Waals surface area contributed by atoms with Crippen LogP contribution in [-0.4, -0.2) is 10.8 Å². The third-order valence-electron chi connectivity index (χ3n) is 4.85. The van der Waals surface area contributed by atoms with Crippen molar-refractivity contribution >= 4 is 17.1 Å². The van der Waals surface area contributed by atoms with E-state index in [-0.39, 0.29) is 23.6 Å². The van der Waals surface area contributed by atoms with Gasteiger partial charge in [-0.15, -0.1) is 17.9 Å². The molecule has 0 saturated heterocycles. The molecule has 4 rings (SSSR count). The predicted molar refractivity (Wildman–Crippen MR) is 124 cm³/mol. The number of aryl methyl sites for hydroxylation is 1. The number of aromatic nitrogens is 1. The van der Waals surface area contributed by atoms with E-state index in [0.29, 0.717) is 22.6 Å². The van der Waals surface area contributed by atoms with E-state index in [4.69, 9.17) is 9.15 Å². The summed E-state index contributed by atoms with van der Waals surface area (Å²) in [5, 5.41) is 9.98. The van der Waals surface area contributed by atoms with E-state index in [1.807, 2.05) is 55.5 Å². The van der Waals surface area contributed by atoms with Gasteiger partial charge in [0.05, 0.1) is 16.8 Å². The molecule has 3 heterocycles. The quantitative estimate of drug-likeness (QED) is 0.292. The lowest BCUT2D eigenvalue weighted by Gasteiger charge is -2.19. The topological polar surface area (TPSA) is 76.1 Å². The number of pyridine rings is 1. The summed E-state index contributed by atoms with van der Waals surface area (Å²) in [6.45, 7) is 5.68. The Kier molecular flexibility index (Phi) is 6.29. The van der Waals surface area contributed by atoms with Crippen LogP contribution in [0.3, 0.4) is 0 Å². The van der Waals surface area contributed by atoms with Gasteiger partial charge < -0.3 is 9.15 Å². The van der Waals surface area contributed by atoms with Crippen LogP contribution in [0.5, 0.6) is 5.88 Å². The van der Waals surface area contributed by atoms with Crippen LogP contribution in [0, 0.1) is 18.3 Å². The van der Waals surface area contributed by atoms with Gasteiger partial charge in [0.1, 0.15) is 17.4 Å². The van der Waals surface area contributed by atoms with Gasteiger partial charge in [-0.2, -0.15) is 5.26 Å². The Labute approximate surface area is 190 Å². The lowest BCUT2D eigenvalue weighted by molar-refractivity contribution is -0.125. The van der Waals surface area contributed by atoms with Gasteiger partial charge in [-0.25, -0.2) is 4.98 Å². The molecule has 0 saturated carbocycles. The van der Waals surface area contributed by atoms with Gasteiger partial charge in [-0.05, 0) is 42.8 Å². The molecule has 0 aliphatic heterocycles. The van der Waals surface area contributed by atoms with Crippen molar-refractivity contribution in [3.63, 3.8) is 0 Å². The monoisotopic (exact) mass is 440 g/mol. The second-order valence-electron chi connectivity index (χ2n) is 7.10. The van der Waals surface area contributed by atoms with Gasteiger partial charge in [-0.1, -0.05) is 36.4 Å². The van der Waals surface area contributed by atoms with Crippen LogP contribution < -0.4 is 4.74 Å².